The molecule has 1 aliphatic rings. The van der Waals surface area contributed by atoms with Crippen molar-refractivity contribution in [3.8, 4) is 0 Å². The highest BCUT2D eigenvalue weighted by Crippen LogP contribution is 2.68. The third-order valence-electron chi connectivity index (χ3n) is 4.76. The number of benzene rings is 1. The van der Waals surface area contributed by atoms with Crippen molar-refractivity contribution in [1.82, 2.24) is 5.32 Å². The summed E-state index contributed by atoms with van der Waals surface area (Å²) in [7, 11) is 0. The minimum absolute atomic E-state index is 0.00695. The number of nitrogens with one attached hydrogen (secondary N) is 2. The van der Waals surface area contributed by atoms with Gasteiger partial charge in [-0.2, -0.15) is 0 Å². The summed E-state index contributed by atoms with van der Waals surface area (Å²) in [5.74, 6) is -0.274. The number of hydrogen-bond donors (Lipinski definition) is 2. The maximum absolute atomic E-state index is 12.1. The van der Waals surface area contributed by atoms with E-state index in [4.69, 9.17) is 0 Å². The molecule has 20 heavy (non-hydrogen) atoms. The van der Waals surface area contributed by atoms with Gasteiger partial charge in [0.05, 0.1) is 6.54 Å². The van der Waals surface area contributed by atoms with Gasteiger partial charge in [-0.15, -0.1) is 0 Å². The van der Waals surface area contributed by atoms with Gasteiger partial charge in [0.1, 0.15) is 0 Å². The van der Waals surface area contributed by atoms with Gasteiger partial charge >= 0.3 is 0 Å². The van der Waals surface area contributed by atoms with E-state index in [0.717, 1.165) is 5.69 Å². The molecule has 0 radical (unpaired) electrons. The minimum Gasteiger partial charge on any atom is -0.347 e. The second kappa shape index (κ2) is 4.93. The molecular formula is C16H22N2O2. The fraction of sp³-hybridized carbons (Fsp3) is 0.500. The first-order valence-electron chi connectivity index (χ1n) is 6.89. The van der Waals surface area contributed by atoms with Gasteiger partial charge in [-0.1, -0.05) is 45.9 Å². The Morgan fingerprint density at radius 2 is 1.60 bits per heavy atom. The zero-order valence-electron chi connectivity index (χ0n) is 12.5. The van der Waals surface area contributed by atoms with E-state index >= 15 is 0 Å². The number of anilines is 1. The summed E-state index contributed by atoms with van der Waals surface area (Å²) in [4.78, 5) is 23.9. The van der Waals surface area contributed by atoms with Crippen LogP contribution in [-0.2, 0) is 9.59 Å². The molecule has 1 aromatic rings. The summed E-state index contributed by atoms with van der Waals surface area (Å²) in [6, 6.07) is 9.21. The van der Waals surface area contributed by atoms with Crippen molar-refractivity contribution in [2.45, 2.75) is 27.7 Å². The normalized spacial score (nSPS) is 19.2. The molecule has 2 N–H and O–H groups in total. The predicted molar refractivity (Wildman–Crippen MR) is 79.1 cm³/mol. The SMILES string of the molecule is CC1(C)C(C(=O)NCC(=O)Nc2ccccc2)C1(C)C. The molecule has 1 aromatic carbocycles. The Morgan fingerprint density at radius 3 is 2.10 bits per heavy atom. The lowest BCUT2D eigenvalue weighted by Gasteiger charge is -2.07. The molecule has 1 fully saturated rings. The average molecular weight is 274 g/mol. The molecule has 1 aliphatic carbocycles. The maximum Gasteiger partial charge on any atom is 0.243 e. The number of carbonyl (C=O) groups is 2. The second-order valence-corrected chi connectivity index (χ2v) is 6.51. The zero-order valence-corrected chi connectivity index (χ0v) is 12.5. The van der Waals surface area contributed by atoms with Crippen molar-refractivity contribution >= 4 is 17.5 Å². The zero-order chi connectivity index (χ0) is 15.0. The summed E-state index contributed by atoms with van der Waals surface area (Å²) in [6.07, 6.45) is 0. The van der Waals surface area contributed by atoms with Crippen molar-refractivity contribution in [1.29, 1.82) is 0 Å². The van der Waals surface area contributed by atoms with Gasteiger partial charge in [0.15, 0.2) is 0 Å². The number of hydrogen-bond acceptors (Lipinski definition) is 2. The Hall–Kier alpha value is -1.84. The lowest BCUT2D eigenvalue weighted by Crippen LogP contribution is -2.35. The van der Waals surface area contributed by atoms with E-state index in [2.05, 4.69) is 38.3 Å². The number of amides is 2. The third-order valence-corrected chi connectivity index (χ3v) is 4.76. The smallest absolute Gasteiger partial charge is 0.243 e. The van der Waals surface area contributed by atoms with Crippen LogP contribution in [0, 0.1) is 16.7 Å². The van der Waals surface area contributed by atoms with E-state index in [1.807, 2.05) is 30.3 Å². The van der Waals surface area contributed by atoms with Crippen LogP contribution < -0.4 is 10.6 Å². The fourth-order valence-electron chi connectivity index (χ4n) is 2.85. The first kappa shape index (κ1) is 14.6. The number of rotatable bonds is 4. The molecule has 4 nitrogen and oxygen atoms in total. The summed E-state index contributed by atoms with van der Waals surface area (Å²) in [5, 5.41) is 5.47. The van der Waals surface area contributed by atoms with E-state index in [0.29, 0.717) is 0 Å². The van der Waals surface area contributed by atoms with Gasteiger partial charge in [0, 0.05) is 11.6 Å². The molecule has 0 heterocycles. The summed E-state index contributed by atoms with van der Waals surface area (Å²) < 4.78 is 0. The average Bonchev–Trinajstić information content (AvgIpc) is 2.78. The fourth-order valence-corrected chi connectivity index (χ4v) is 2.85. The van der Waals surface area contributed by atoms with Gasteiger partial charge in [-0.05, 0) is 23.0 Å². The molecule has 0 bridgehead atoms. The lowest BCUT2D eigenvalue weighted by atomic mass is 10.0. The van der Waals surface area contributed by atoms with Crippen LogP contribution in [0.2, 0.25) is 0 Å². The maximum atomic E-state index is 12.1. The Balaban J connectivity index is 1.82. The van der Waals surface area contributed by atoms with Gasteiger partial charge in [-0.25, -0.2) is 0 Å². The van der Waals surface area contributed by atoms with E-state index in [1.54, 1.807) is 0 Å². The van der Waals surface area contributed by atoms with Crippen LogP contribution in [0.5, 0.6) is 0 Å². The molecule has 0 saturated heterocycles. The molecule has 108 valence electrons. The van der Waals surface area contributed by atoms with E-state index < -0.39 is 0 Å². The monoisotopic (exact) mass is 274 g/mol. The lowest BCUT2D eigenvalue weighted by molar-refractivity contribution is -0.126. The Morgan fingerprint density at radius 1 is 1.05 bits per heavy atom. The minimum atomic E-state index is -0.208. The summed E-state index contributed by atoms with van der Waals surface area (Å²) in [5.41, 5.74) is 0.721. The van der Waals surface area contributed by atoms with Gasteiger partial charge in [0.2, 0.25) is 11.8 Å². The third kappa shape index (κ3) is 2.55. The molecule has 0 aliphatic heterocycles. The van der Waals surface area contributed by atoms with Crippen molar-refractivity contribution in [3.05, 3.63) is 30.3 Å². The van der Waals surface area contributed by atoms with Crippen LogP contribution in [0.15, 0.2) is 30.3 Å². The Kier molecular flexibility index (Phi) is 3.59. The summed E-state index contributed by atoms with van der Waals surface area (Å²) >= 11 is 0. The van der Waals surface area contributed by atoms with Crippen LogP contribution in [-0.4, -0.2) is 18.4 Å². The first-order valence-corrected chi connectivity index (χ1v) is 6.89. The van der Waals surface area contributed by atoms with Crippen LogP contribution in [0.1, 0.15) is 27.7 Å². The number of para-hydroxylation sites is 1. The molecule has 0 aromatic heterocycles. The second-order valence-electron chi connectivity index (χ2n) is 6.51. The van der Waals surface area contributed by atoms with E-state index in [1.165, 1.54) is 0 Å². The molecule has 2 amide bonds. The van der Waals surface area contributed by atoms with Crippen molar-refractivity contribution < 1.29 is 9.59 Å². The van der Waals surface area contributed by atoms with E-state index in [-0.39, 0.29) is 35.1 Å². The van der Waals surface area contributed by atoms with Crippen molar-refractivity contribution in [2.24, 2.45) is 16.7 Å². The largest absolute Gasteiger partial charge is 0.347 e. The van der Waals surface area contributed by atoms with Crippen molar-refractivity contribution in [2.75, 3.05) is 11.9 Å². The first-order chi connectivity index (χ1) is 9.26. The van der Waals surface area contributed by atoms with Gasteiger partial charge in [0.25, 0.3) is 0 Å². The van der Waals surface area contributed by atoms with E-state index in [9.17, 15) is 9.59 Å². The highest BCUT2D eigenvalue weighted by molar-refractivity contribution is 5.95. The van der Waals surface area contributed by atoms with Crippen molar-refractivity contribution in [3.63, 3.8) is 0 Å². The van der Waals surface area contributed by atoms with Crippen LogP contribution in [0.3, 0.4) is 0 Å². The molecule has 0 spiro atoms. The van der Waals surface area contributed by atoms with Crippen LogP contribution in [0.4, 0.5) is 5.69 Å². The Labute approximate surface area is 119 Å². The van der Waals surface area contributed by atoms with Gasteiger partial charge < -0.3 is 10.6 Å². The molecule has 0 atom stereocenters. The number of carbonyl (C=O) groups excluding carboxylic acids is 2. The molecule has 0 unspecified atom stereocenters. The van der Waals surface area contributed by atoms with Gasteiger partial charge in [-0.3, -0.25) is 9.59 Å². The highest BCUT2D eigenvalue weighted by atomic mass is 16.2. The van der Waals surface area contributed by atoms with Crippen LogP contribution >= 0.6 is 0 Å². The quantitative estimate of drug-likeness (QED) is 0.886. The van der Waals surface area contributed by atoms with Crippen LogP contribution in [0.25, 0.3) is 0 Å². The Bertz CT molecular complexity index is 507. The predicted octanol–water partition coefficient (Wildman–Crippen LogP) is 2.42. The molecular weight excluding hydrogens is 252 g/mol. The summed E-state index contributed by atoms with van der Waals surface area (Å²) in [6.45, 7) is 8.35. The molecule has 1 saturated carbocycles. The highest BCUT2D eigenvalue weighted by Gasteiger charge is 2.68. The molecule has 2 rings (SSSR count). The topological polar surface area (TPSA) is 58.2 Å². The molecule has 4 heteroatoms. The standard InChI is InChI=1S/C16H22N2O2/c1-15(2)13(16(15,3)4)14(20)17-10-12(19)18-11-8-6-5-7-9-11/h5-9,13H,10H2,1-4H3,(H,17,20)(H,18,19).